The maximum Gasteiger partial charge on any atom is 0.264 e. The molecule has 0 unspecified atom stereocenters. The number of halogens is 1. The zero-order valence-electron chi connectivity index (χ0n) is 21.6. The fourth-order valence-corrected chi connectivity index (χ4v) is 9.72. The SMILES string of the molecule is C[C@H]1[C@H]([Si](C)(C)O)[C@@H](CC(=O)N2CCC[C@H]2CO)O[C@]12C(=O)N(Cc1ccc(I)cc1)c1ccccc12. The van der Waals surface area contributed by atoms with E-state index in [9.17, 15) is 19.5 Å². The lowest BCUT2D eigenvalue weighted by atomic mass is 9.82. The summed E-state index contributed by atoms with van der Waals surface area (Å²) in [6, 6.07) is 15.7. The van der Waals surface area contributed by atoms with Crippen LogP contribution in [0.2, 0.25) is 18.6 Å². The van der Waals surface area contributed by atoms with Gasteiger partial charge in [-0.05, 0) is 72.3 Å². The Morgan fingerprint density at radius 1 is 1.19 bits per heavy atom. The molecule has 0 bridgehead atoms. The molecule has 0 saturated carbocycles. The molecule has 2 N–H and O–H groups in total. The topological polar surface area (TPSA) is 90.3 Å². The van der Waals surface area contributed by atoms with E-state index in [1.165, 1.54) is 0 Å². The van der Waals surface area contributed by atoms with Crippen LogP contribution in [0.4, 0.5) is 5.69 Å². The minimum Gasteiger partial charge on any atom is -0.432 e. The van der Waals surface area contributed by atoms with Gasteiger partial charge in [-0.1, -0.05) is 37.3 Å². The molecule has 1 spiro atoms. The van der Waals surface area contributed by atoms with Crippen molar-refractivity contribution in [3.05, 3.63) is 63.2 Å². The van der Waals surface area contributed by atoms with Gasteiger partial charge in [-0.15, -0.1) is 0 Å². The van der Waals surface area contributed by atoms with E-state index in [-0.39, 0.29) is 42.3 Å². The predicted molar refractivity (Wildman–Crippen MR) is 152 cm³/mol. The molecule has 5 rings (SSSR count). The summed E-state index contributed by atoms with van der Waals surface area (Å²) < 4.78 is 7.89. The van der Waals surface area contributed by atoms with Crippen molar-refractivity contribution < 1.29 is 24.2 Å². The number of para-hydroxylation sites is 1. The van der Waals surface area contributed by atoms with Crippen LogP contribution in [0.25, 0.3) is 0 Å². The van der Waals surface area contributed by atoms with Crippen LogP contribution in [0.3, 0.4) is 0 Å². The molecule has 3 aliphatic rings. The molecule has 5 atom stereocenters. The van der Waals surface area contributed by atoms with E-state index in [1.54, 1.807) is 9.80 Å². The largest absolute Gasteiger partial charge is 0.432 e. The van der Waals surface area contributed by atoms with Gasteiger partial charge in [0.05, 0.1) is 37.4 Å². The fraction of sp³-hybridized carbons (Fsp3) is 0.500. The monoisotopic (exact) mass is 634 g/mol. The minimum absolute atomic E-state index is 0.0549. The molecule has 3 aliphatic heterocycles. The number of aliphatic hydroxyl groups excluding tert-OH is 1. The van der Waals surface area contributed by atoms with Crippen molar-refractivity contribution in [3.63, 3.8) is 0 Å². The number of aliphatic hydroxyl groups is 1. The zero-order valence-corrected chi connectivity index (χ0v) is 24.7. The number of rotatable bonds is 6. The Bertz CT molecular complexity index is 1190. The number of hydrogen-bond acceptors (Lipinski definition) is 5. The Hall–Kier alpha value is -1.79. The number of fused-ring (bicyclic) bond motifs is 2. The molecule has 2 aromatic rings. The Morgan fingerprint density at radius 3 is 2.57 bits per heavy atom. The van der Waals surface area contributed by atoms with E-state index in [2.05, 4.69) is 22.6 Å². The van der Waals surface area contributed by atoms with E-state index in [0.717, 1.165) is 33.2 Å². The minimum atomic E-state index is -2.85. The summed E-state index contributed by atoms with van der Waals surface area (Å²) in [5.41, 5.74) is 1.10. The van der Waals surface area contributed by atoms with E-state index >= 15 is 0 Å². The third-order valence-electron chi connectivity index (χ3n) is 8.43. The highest BCUT2D eigenvalue weighted by Gasteiger charge is 2.66. The van der Waals surface area contributed by atoms with Crippen molar-refractivity contribution >= 4 is 48.4 Å². The second kappa shape index (κ2) is 10.1. The number of carbonyl (C=O) groups is 2. The Balaban J connectivity index is 1.51. The van der Waals surface area contributed by atoms with Gasteiger partial charge in [-0.3, -0.25) is 9.59 Å². The lowest BCUT2D eigenvalue weighted by Crippen LogP contribution is -2.46. The van der Waals surface area contributed by atoms with E-state index in [4.69, 9.17) is 4.74 Å². The highest BCUT2D eigenvalue weighted by molar-refractivity contribution is 14.1. The van der Waals surface area contributed by atoms with Gasteiger partial charge in [-0.2, -0.15) is 0 Å². The summed E-state index contributed by atoms with van der Waals surface area (Å²) in [6.07, 6.45) is 1.17. The van der Waals surface area contributed by atoms with Crippen molar-refractivity contribution in [2.24, 2.45) is 5.92 Å². The van der Waals surface area contributed by atoms with Gasteiger partial charge in [0.25, 0.3) is 5.91 Å². The van der Waals surface area contributed by atoms with Crippen molar-refractivity contribution in [2.75, 3.05) is 18.1 Å². The molecular formula is C28H35IN2O5Si. The van der Waals surface area contributed by atoms with Crippen LogP contribution in [0, 0.1) is 9.49 Å². The molecule has 37 heavy (non-hydrogen) atoms. The van der Waals surface area contributed by atoms with E-state index < -0.39 is 20.0 Å². The van der Waals surface area contributed by atoms with Gasteiger partial charge in [0.2, 0.25) is 5.91 Å². The number of nitrogens with zero attached hydrogens (tertiary/aromatic N) is 2. The third-order valence-corrected chi connectivity index (χ3v) is 11.7. The summed E-state index contributed by atoms with van der Waals surface area (Å²) in [5.74, 6) is -0.518. The van der Waals surface area contributed by atoms with E-state index in [0.29, 0.717) is 13.1 Å². The maximum absolute atomic E-state index is 14.3. The Labute approximate surface area is 233 Å². The fourth-order valence-electron chi connectivity index (χ4n) is 6.80. The molecule has 2 fully saturated rings. The van der Waals surface area contributed by atoms with Gasteiger partial charge in [0.1, 0.15) is 0 Å². The number of hydrogen-bond donors (Lipinski definition) is 2. The quantitative estimate of drug-likeness (QED) is 0.371. The molecule has 2 aromatic carbocycles. The molecule has 2 amide bonds. The average Bonchev–Trinajstić information content (AvgIpc) is 3.51. The zero-order chi connectivity index (χ0) is 26.5. The molecule has 0 aromatic heterocycles. The van der Waals surface area contributed by atoms with Crippen molar-refractivity contribution in [3.8, 4) is 0 Å². The highest BCUT2D eigenvalue weighted by Crippen LogP contribution is 2.59. The molecule has 198 valence electrons. The van der Waals surface area contributed by atoms with Gasteiger partial charge in [0.15, 0.2) is 13.9 Å². The molecule has 9 heteroatoms. The molecular weight excluding hydrogens is 599 g/mol. The maximum atomic E-state index is 14.3. The first-order valence-electron chi connectivity index (χ1n) is 13.0. The predicted octanol–water partition coefficient (Wildman–Crippen LogP) is 4.01. The number of anilines is 1. The summed E-state index contributed by atoms with van der Waals surface area (Å²) in [5, 5.41) is 9.74. The van der Waals surface area contributed by atoms with Crippen LogP contribution in [0.5, 0.6) is 0 Å². The van der Waals surface area contributed by atoms with Crippen LogP contribution in [0.15, 0.2) is 48.5 Å². The number of likely N-dealkylation sites (tertiary alicyclic amines) is 1. The normalized spacial score (nSPS) is 29.4. The summed E-state index contributed by atoms with van der Waals surface area (Å²) in [4.78, 5) is 42.7. The van der Waals surface area contributed by atoms with Crippen LogP contribution in [0.1, 0.15) is 37.3 Å². The molecule has 0 radical (unpaired) electrons. The Morgan fingerprint density at radius 2 is 1.89 bits per heavy atom. The summed E-state index contributed by atoms with van der Waals surface area (Å²) in [6.45, 7) is 6.72. The highest BCUT2D eigenvalue weighted by atomic mass is 127. The number of amides is 2. The molecule has 0 aliphatic carbocycles. The smallest absolute Gasteiger partial charge is 0.264 e. The van der Waals surface area contributed by atoms with Gasteiger partial charge in [0, 0.05) is 27.1 Å². The van der Waals surface area contributed by atoms with E-state index in [1.807, 2.05) is 68.5 Å². The Kier molecular flexibility index (Phi) is 7.29. The third kappa shape index (κ3) is 4.56. The summed E-state index contributed by atoms with van der Waals surface area (Å²) in [7, 11) is -2.85. The van der Waals surface area contributed by atoms with Crippen molar-refractivity contribution in [1.82, 2.24) is 4.90 Å². The first kappa shape index (κ1) is 26.8. The van der Waals surface area contributed by atoms with Crippen LogP contribution in [-0.4, -0.2) is 60.2 Å². The van der Waals surface area contributed by atoms with Crippen molar-refractivity contribution in [1.29, 1.82) is 0 Å². The van der Waals surface area contributed by atoms with Crippen LogP contribution in [-0.2, 0) is 26.5 Å². The van der Waals surface area contributed by atoms with Gasteiger partial charge in [-0.25, -0.2) is 0 Å². The van der Waals surface area contributed by atoms with Crippen LogP contribution >= 0.6 is 22.6 Å². The second-order valence-electron chi connectivity index (χ2n) is 11.2. The molecule has 2 saturated heterocycles. The van der Waals surface area contributed by atoms with Gasteiger partial charge < -0.3 is 24.4 Å². The lowest BCUT2D eigenvalue weighted by Gasteiger charge is -2.32. The van der Waals surface area contributed by atoms with Gasteiger partial charge >= 0.3 is 0 Å². The standard InChI is InChI=1S/C28H35IN2O5Si/c1-18-26(37(2,3)35)24(15-25(33)30-14-6-7-21(30)17-32)36-28(18)22-8-4-5-9-23(22)31(27(28)34)16-19-10-12-20(29)13-11-19/h4-5,8-13,18,21,24,26,32,35H,6-7,14-17H2,1-3H3/t18-,21-,24+,26-,28+/m0/s1. The number of ether oxygens (including phenoxy) is 1. The number of benzene rings is 2. The first-order valence-corrected chi connectivity index (χ1v) is 17.1. The second-order valence-corrected chi connectivity index (χ2v) is 16.4. The first-order chi connectivity index (χ1) is 17.6. The van der Waals surface area contributed by atoms with Crippen LogP contribution < -0.4 is 4.90 Å². The molecule has 7 nitrogen and oxygen atoms in total. The lowest BCUT2D eigenvalue weighted by molar-refractivity contribution is -0.150. The number of carbonyl (C=O) groups excluding carboxylic acids is 2. The average molecular weight is 635 g/mol. The van der Waals surface area contributed by atoms with Crippen molar-refractivity contribution in [2.45, 2.75) is 69.1 Å². The molecule has 3 heterocycles. The summed E-state index contributed by atoms with van der Waals surface area (Å²) >= 11 is 2.27.